The number of aromatic nitrogens is 3. The highest BCUT2D eigenvalue weighted by Crippen LogP contribution is 2.29. The molecule has 0 aliphatic carbocycles. The van der Waals surface area contributed by atoms with E-state index in [1.807, 2.05) is 13.1 Å². The van der Waals surface area contributed by atoms with Crippen LogP contribution in [0.3, 0.4) is 0 Å². The summed E-state index contributed by atoms with van der Waals surface area (Å²) in [5.41, 5.74) is 2.41. The van der Waals surface area contributed by atoms with Crippen molar-refractivity contribution in [3.8, 4) is 5.88 Å². The van der Waals surface area contributed by atoms with Gasteiger partial charge in [-0.3, -0.25) is 4.57 Å². The Balaban J connectivity index is 0.000000347. The fourth-order valence-electron chi connectivity index (χ4n) is 1.88. The summed E-state index contributed by atoms with van der Waals surface area (Å²) in [7, 11) is -3.94. The highest BCUT2D eigenvalue weighted by molar-refractivity contribution is 6.50. The minimum absolute atomic E-state index is 0.644. The molecule has 0 radical (unpaired) electrons. The molecule has 0 aliphatic heterocycles. The van der Waals surface area contributed by atoms with Crippen LogP contribution in [0.25, 0.3) is 10.8 Å². The Morgan fingerprint density at radius 2 is 1.85 bits per heavy atom. The number of aromatic amines is 1. The van der Waals surface area contributed by atoms with Crippen molar-refractivity contribution in [1.82, 2.24) is 14.8 Å². The number of hydrogen-bond acceptors (Lipinski definition) is 2. The third-order valence-electron chi connectivity index (χ3n) is 2.90. The Morgan fingerprint density at radius 3 is 2.35 bits per heavy atom. The van der Waals surface area contributed by atoms with Crippen LogP contribution in [0.15, 0.2) is 6.20 Å². The lowest BCUT2D eigenvalue weighted by Gasteiger charge is -1.96. The molecule has 9 heteroatoms. The third kappa shape index (κ3) is 3.85. The van der Waals surface area contributed by atoms with Gasteiger partial charge in [0.2, 0.25) is 5.39 Å². The lowest BCUT2D eigenvalue weighted by atomic mass is 10.2. The van der Waals surface area contributed by atoms with Crippen LogP contribution < -0.4 is 4.74 Å². The van der Waals surface area contributed by atoms with Crippen LogP contribution in [0.5, 0.6) is 5.88 Å². The number of rotatable bonds is 2. The van der Waals surface area contributed by atoms with Crippen molar-refractivity contribution in [1.29, 1.82) is 0 Å². The van der Waals surface area contributed by atoms with E-state index in [0.29, 0.717) is 6.61 Å². The van der Waals surface area contributed by atoms with Crippen LogP contribution in [0.1, 0.15) is 18.3 Å². The largest absolute Gasteiger partial charge is 0.673 e. The van der Waals surface area contributed by atoms with Crippen molar-refractivity contribution in [3.05, 3.63) is 17.6 Å². The second kappa shape index (κ2) is 6.10. The molecule has 0 aromatic carbocycles. The number of nitrogens with one attached hydrogen (secondary N) is 1. The fraction of sp³-hybridized carbons (Fsp3) is 0.455. The molecule has 0 saturated heterocycles. The second-order valence-electron chi connectivity index (χ2n) is 4.15. The first-order valence-corrected chi connectivity index (χ1v) is 5.99. The number of nitrogens with zero attached hydrogens (tertiary/aromatic N) is 2. The predicted octanol–water partition coefficient (Wildman–Crippen LogP) is 3.50. The Morgan fingerprint density at radius 1 is 1.30 bits per heavy atom. The van der Waals surface area contributed by atoms with Gasteiger partial charge in [-0.15, -0.1) is 0 Å². The summed E-state index contributed by atoms with van der Waals surface area (Å²) in [4.78, 5) is 0. The van der Waals surface area contributed by atoms with Crippen LogP contribution in [-0.2, 0) is 7.05 Å². The SMILES string of the molecule is CCO[c+]1[nH]ncc2c(C)n(C)c(C)c21.F[B-](F)(F)F. The number of fused-ring (bicyclic) bond motifs is 1. The van der Waals surface area contributed by atoms with Gasteiger partial charge in [-0.2, -0.15) is 10.2 Å². The zero-order valence-corrected chi connectivity index (χ0v) is 11.7. The van der Waals surface area contributed by atoms with Gasteiger partial charge in [0.15, 0.2) is 0 Å². The van der Waals surface area contributed by atoms with Gasteiger partial charge >= 0.3 is 13.1 Å². The van der Waals surface area contributed by atoms with E-state index < -0.39 is 7.25 Å². The fourth-order valence-corrected chi connectivity index (χ4v) is 1.88. The molecule has 20 heavy (non-hydrogen) atoms. The Hall–Kier alpha value is -1.80. The topological polar surface area (TPSA) is 42.8 Å². The molecule has 2 aromatic heterocycles. The van der Waals surface area contributed by atoms with Crippen LogP contribution in [0, 0.1) is 13.8 Å². The third-order valence-corrected chi connectivity index (χ3v) is 2.90. The Bertz CT molecular complexity index is 591. The molecule has 0 atom stereocenters. The summed E-state index contributed by atoms with van der Waals surface area (Å²) < 4.78 is 46.7. The minimum Gasteiger partial charge on any atom is -0.419 e. The van der Waals surface area contributed by atoms with Crippen LogP contribution >= 0.6 is 0 Å². The van der Waals surface area contributed by atoms with E-state index in [1.165, 1.54) is 11.4 Å². The molecule has 0 unspecified atom stereocenters. The van der Waals surface area contributed by atoms with E-state index in [9.17, 15) is 17.3 Å². The Labute approximate surface area is 113 Å². The average molecular weight is 293 g/mol. The van der Waals surface area contributed by atoms with E-state index in [1.54, 1.807) is 0 Å². The zero-order valence-electron chi connectivity index (χ0n) is 11.7. The molecule has 2 rings (SSSR count). The summed E-state index contributed by atoms with van der Waals surface area (Å²) in [6.07, 6.45) is 1.85. The van der Waals surface area contributed by atoms with E-state index in [-0.39, 0.29) is 0 Å². The summed E-state index contributed by atoms with van der Waals surface area (Å²) >= 11 is 0. The van der Waals surface area contributed by atoms with Crippen molar-refractivity contribution >= 4 is 18.0 Å². The van der Waals surface area contributed by atoms with Gasteiger partial charge in [0, 0.05) is 14.0 Å². The van der Waals surface area contributed by atoms with Gasteiger partial charge in [0.1, 0.15) is 23.9 Å². The molecule has 2 heterocycles. The summed E-state index contributed by atoms with van der Waals surface area (Å²) in [6.45, 7) is 6.79. The molecular formula is C11H16BF4N3O. The van der Waals surface area contributed by atoms with Crippen molar-refractivity contribution in [2.24, 2.45) is 7.05 Å². The molecule has 0 saturated carbocycles. The highest BCUT2D eigenvalue weighted by Gasteiger charge is 2.23. The van der Waals surface area contributed by atoms with Crippen LogP contribution in [0.4, 0.5) is 17.3 Å². The molecular weight excluding hydrogens is 277 g/mol. The molecule has 0 amide bonds. The van der Waals surface area contributed by atoms with Crippen molar-refractivity contribution in [3.63, 3.8) is 0 Å². The van der Waals surface area contributed by atoms with Crippen molar-refractivity contribution in [2.75, 3.05) is 6.61 Å². The van der Waals surface area contributed by atoms with E-state index >= 15 is 0 Å². The van der Waals surface area contributed by atoms with E-state index in [4.69, 9.17) is 4.74 Å². The monoisotopic (exact) mass is 293 g/mol. The number of aryl methyl sites for hydroxylation is 2. The number of ether oxygens (including phenoxy) is 1. The molecule has 0 bridgehead atoms. The smallest absolute Gasteiger partial charge is 0.419 e. The quantitative estimate of drug-likeness (QED) is 0.523. The van der Waals surface area contributed by atoms with Gasteiger partial charge in [0.05, 0.1) is 5.69 Å². The van der Waals surface area contributed by atoms with Crippen LogP contribution in [-0.4, -0.2) is 28.6 Å². The normalized spacial score (nSPS) is 11.2. The predicted molar refractivity (Wildman–Crippen MR) is 70.3 cm³/mol. The van der Waals surface area contributed by atoms with Gasteiger partial charge in [0.25, 0.3) is 0 Å². The lowest BCUT2D eigenvalue weighted by Crippen LogP contribution is -2.02. The van der Waals surface area contributed by atoms with E-state index in [2.05, 4.69) is 35.7 Å². The maximum absolute atomic E-state index is 9.75. The summed E-state index contributed by atoms with van der Waals surface area (Å²) in [6, 6.07) is 0. The molecule has 2 aromatic rings. The first-order chi connectivity index (χ1) is 9.16. The zero-order chi connectivity index (χ0) is 15.5. The van der Waals surface area contributed by atoms with Crippen molar-refractivity contribution in [2.45, 2.75) is 20.8 Å². The maximum Gasteiger partial charge on any atom is 0.673 e. The number of H-pyrrole nitrogens is 1. The Kier molecular flexibility index (Phi) is 4.96. The first kappa shape index (κ1) is 16.3. The van der Waals surface area contributed by atoms with Gasteiger partial charge in [-0.25, -0.2) is 0 Å². The molecule has 0 fully saturated rings. The van der Waals surface area contributed by atoms with Gasteiger partial charge in [-0.1, -0.05) is 0 Å². The van der Waals surface area contributed by atoms with Gasteiger partial charge < -0.3 is 22.0 Å². The summed E-state index contributed by atoms with van der Waals surface area (Å²) in [5, 5.41) is 9.27. The molecule has 0 spiro atoms. The first-order valence-electron chi connectivity index (χ1n) is 5.99. The molecule has 0 aliphatic rings. The molecule has 4 nitrogen and oxygen atoms in total. The van der Waals surface area contributed by atoms with E-state index in [0.717, 1.165) is 16.7 Å². The maximum atomic E-state index is 9.75. The lowest BCUT2D eigenvalue weighted by molar-refractivity contribution is 0.327. The standard InChI is InChI=1S/C11H16N3O.BF4/c1-5-15-11-10-8(3)14(4)7(2)9(10)6-12-13-11;2-1(3,4)5/h6,13H,5H2,1-4H3;/q+1;-1. The highest BCUT2D eigenvalue weighted by atomic mass is 19.5. The number of halogens is 4. The second-order valence-corrected chi connectivity index (χ2v) is 4.15. The minimum atomic E-state index is -6.00. The summed E-state index contributed by atoms with van der Waals surface area (Å²) in [5.74, 6) is 0.760. The average Bonchev–Trinajstić information content (AvgIpc) is 2.54. The molecule has 1 N–H and O–H groups in total. The van der Waals surface area contributed by atoms with Gasteiger partial charge in [-0.05, 0) is 13.8 Å². The number of hydrogen-bond donors (Lipinski definition) is 1. The molecule has 112 valence electrons. The van der Waals surface area contributed by atoms with Crippen molar-refractivity contribution < 1.29 is 22.0 Å². The van der Waals surface area contributed by atoms with Crippen LogP contribution in [0.2, 0.25) is 0 Å².